The molecule has 17 heavy (non-hydrogen) atoms. The number of ether oxygens (including phenoxy) is 2. The second-order valence-electron chi connectivity index (χ2n) is 4.05. The molecular formula is C9H18O8. The molecule has 0 atom stereocenters. The van der Waals surface area contributed by atoms with Gasteiger partial charge in [-0.2, -0.15) is 0 Å². The summed E-state index contributed by atoms with van der Waals surface area (Å²) in [6, 6.07) is 0. The predicted octanol–water partition coefficient (Wildman–Crippen LogP) is 2.43. The largest absolute Gasteiger partial charge is 0.542 e. The molecule has 0 spiro atoms. The van der Waals surface area contributed by atoms with Crippen LogP contribution < -0.4 is 0 Å². The lowest BCUT2D eigenvalue weighted by Crippen LogP contribution is -2.22. The molecule has 0 aliphatic carbocycles. The zero-order chi connectivity index (χ0) is 14.1. The van der Waals surface area contributed by atoms with Crippen LogP contribution in [0.25, 0.3) is 0 Å². The highest BCUT2D eigenvalue weighted by molar-refractivity contribution is 5.59. The maximum absolute atomic E-state index is 10.1. The number of hydrogen-bond donors (Lipinski definition) is 2. The molecular weight excluding hydrogens is 236 g/mol. The zero-order valence-corrected chi connectivity index (χ0v) is 10.4. The van der Waals surface area contributed by atoms with E-state index in [1.165, 1.54) is 0 Å². The Kier molecular flexibility index (Phi) is 9.02. The molecule has 0 saturated heterocycles. The lowest BCUT2D eigenvalue weighted by atomic mass is 10.2. The van der Waals surface area contributed by atoms with Crippen LogP contribution in [0.2, 0.25) is 0 Å². The Hall–Kier alpha value is -1.54. The summed E-state index contributed by atoms with van der Waals surface area (Å²) in [7, 11) is 0. The first-order valence-electron chi connectivity index (χ1n) is 4.69. The van der Waals surface area contributed by atoms with E-state index in [0.29, 0.717) is 0 Å². The van der Waals surface area contributed by atoms with E-state index in [0.717, 1.165) is 0 Å². The Morgan fingerprint density at radius 3 is 1.82 bits per heavy atom. The average molecular weight is 254 g/mol. The van der Waals surface area contributed by atoms with Crippen molar-refractivity contribution in [2.75, 3.05) is 0 Å². The quantitative estimate of drug-likeness (QED) is 0.439. The summed E-state index contributed by atoms with van der Waals surface area (Å²) in [5.74, 6) is 0. The molecule has 0 saturated carbocycles. The zero-order valence-electron chi connectivity index (χ0n) is 10.4. The molecule has 8 nitrogen and oxygen atoms in total. The Morgan fingerprint density at radius 1 is 1.18 bits per heavy atom. The second-order valence-corrected chi connectivity index (χ2v) is 4.05. The van der Waals surface area contributed by atoms with Crippen molar-refractivity contribution in [3.05, 3.63) is 0 Å². The molecule has 0 bridgehead atoms. The third-order valence-electron chi connectivity index (χ3n) is 0.831. The summed E-state index contributed by atoms with van der Waals surface area (Å²) in [6.07, 6.45) is -2.57. The Labute approximate surface area is 98.9 Å². The number of rotatable bonds is 2. The van der Waals surface area contributed by atoms with Gasteiger partial charge in [-0.15, -0.1) is 0 Å². The maximum Gasteiger partial charge on any atom is 0.542 e. The second kappa shape index (κ2) is 8.59. The van der Waals surface area contributed by atoms with Crippen molar-refractivity contribution in [3.8, 4) is 0 Å². The van der Waals surface area contributed by atoms with E-state index < -0.39 is 17.9 Å². The first-order valence-corrected chi connectivity index (χ1v) is 4.69. The number of carbonyl (C=O) groups excluding carboxylic acids is 1. The van der Waals surface area contributed by atoms with Crippen molar-refractivity contribution in [2.24, 2.45) is 0 Å². The fourth-order valence-corrected chi connectivity index (χ4v) is 0.504. The first kappa shape index (κ1) is 17.8. The minimum absolute atomic E-state index is 0.285. The van der Waals surface area contributed by atoms with Crippen LogP contribution in [0, 0.1) is 0 Å². The van der Waals surface area contributed by atoms with Gasteiger partial charge in [0.05, 0.1) is 6.10 Å². The van der Waals surface area contributed by atoms with Crippen LogP contribution in [0.1, 0.15) is 34.6 Å². The molecule has 0 aromatic rings. The van der Waals surface area contributed by atoms with Crippen molar-refractivity contribution in [1.82, 2.24) is 0 Å². The van der Waals surface area contributed by atoms with Crippen molar-refractivity contribution in [2.45, 2.75) is 46.3 Å². The van der Waals surface area contributed by atoms with Gasteiger partial charge in [0.2, 0.25) is 0 Å². The van der Waals surface area contributed by atoms with Crippen LogP contribution in [0.5, 0.6) is 0 Å². The van der Waals surface area contributed by atoms with Crippen molar-refractivity contribution in [3.63, 3.8) is 0 Å². The van der Waals surface area contributed by atoms with E-state index in [1.54, 1.807) is 34.6 Å². The lowest BCUT2D eigenvalue weighted by Gasteiger charge is -2.15. The van der Waals surface area contributed by atoms with Crippen molar-refractivity contribution >= 4 is 12.3 Å². The molecule has 0 radical (unpaired) electrons. The minimum atomic E-state index is -1.22. The monoisotopic (exact) mass is 254 g/mol. The summed E-state index contributed by atoms with van der Waals surface area (Å²) in [4.78, 5) is 23.5. The summed E-state index contributed by atoms with van der Waals surface area (Å²) in [5.41, 5.74) is -0.578. The smallest absolute Gasteiger partial charge is 0.450 e. The predicted molar refractivity (Wildman–Crippen MR) is 55.3 cm³/mol. The van der Waals surface area contributed by atoms with E-state index in [4.69, 9.17) is 10.4 Å². The van der Waals surface area contributed by atoms with Crippen LogP contribution in [0.4, 0.5) is 9.59 Å². The van der Waals surface area contributed by atoms with Crippen molar-refractivity contribution < 1.29 is 39.4 Å². The van der Waals surface area contributed by atoms with E-state index in [-0.39, 0.29) is 6.10 Å². The minimum Gasteiger partial charge on any atom is -0.450 e. The molecule has 0 heterocycles. The van der Waals surface area contributed by atoms with Crippen LogP contribution in [-0.2, 0) is 19.4 Å². The molecule has 0 aromatic carbocycles. The van der Waals surface area contributed by atoms with E-state index in [1.807, 2.05) is 0 Å². The SMILES string of the molecule is CC(C)(C)OC(=O)O.CC(C)OC(=O)OOO. The highest BCUT2D eigenvalue weighted by Gasteiger charge is 2.13. The van der Waals surface area contributed by atoms with Crippen LogP contribution in [0.3, 0.4) is 0 Å². The molecule has 0 fully saturated rings. The van der Waals surface area contributed by atoms with Gasteiger partial charge in [-0.3, -0.25) is 0 Å². The Balaban J connectivity index is 0. The van der Waals surface area contributed by atoms with Crippen LogP contribution in [-0.4, -0.2) is 34.4 Å². The van der Waals surface area contributed by atoms with Gasteiger partial charge >= 0.3 is 12.3 Å². The topological polar surface area (TPSA) is 112 Å². The molecule has 0 aliphatic rings. The number of hydrogen-bond acceptors (Lipinski definition) is 7. The average Bonchev–Trinajstić information content (AvgIpc) is 1.97. The number of carboxylic acid groups (broad SMARTS) is 1. The number of carbonyl (C=O) groups is 2. The van der Waals surface area contributed by atoms with Crippen molar-refractivity contribution in [1.29, 1.82) is 0 Å². The summed E-state index contributed by atoms with van der Waals surface area (Å²) >= 11 is 0. The Bertz CT molecular complexity index is 230. The lowest BCUT2D eigenvalue weighted by molar-refractivity contribution is -0.462. The fraction of sp³-hybridized carbons (Fsp3) is 0.778. The van der Waals surface area contributed by atoms with E-state index >= 15 is 0 Å². The van der Waals surface area contributed by atoms with Gasteiger partial charge < -0.3 is 14.6 Å². The summed E-state index contributed by atoms with van der Waals surface area (Å²) in [5, 5.41) is 18.6. The molecule has 0 unspecified atom stereocenters. The standard InChI is InChI=1S/C5H10O3.C4H8O5/c1-5(2,3)8-4(6)7;1-3(2)7-4(5)8-9-6/h1-3H3,(H,6,7);3,6H,1-2H3. The normalized spacial score (nSPS) is 10.1. The highest BCUT2D eigenvalue weighted by atomic mass is 17.5. The van der Waals surface area contributed by atoms with Gasteiger partial charge in [-0.1, -0.05) is 0 Å². The molecule has 102 valence electrons. The van der Waals surface area contributed by atoms with Crippen LogP contribution in [0.15, 0.2) is 0 Å². The van der Waals surface area contributed by atoms with Gasteiger partial charge in [0, 0.05) is 0 Å². The van der Waals surface area contributed by atoms with Crippen LogP contribution >= 0.6 is 0 Å². The van der Waals surface area contributed by atoms with Gasteiger partial charge in [-0.25, -0.2) is 19.7 Å². The molecule has 0 aliphatic heterocycles. The summed E-state index contributed by atoms with van der Waals surface area (Å²) < 4.78 is 8.70. The maximum atomic E-state index is 10.1. The van der Waals surface area contributed by atoms with E-state index in [2.05, 4.69) is 19.4 Å². The highest BCUT2D eigenvalue weighted by Crippen LogP contribution is 2.05. The fourth-order valence-electron chi connectivity index (χ4n) is 0.504. The first-order chi connectivity index (χ1) is 7.58. The molecule has 0 aromatic heterocycles. The Morgan fingerprint density at radius 2 is 1.65 bits per heavy atom. The molecule has 0 amide bonds. The van der Waals surface area contributed by atoms with Gasteiger partial charge in [0.1, 0.15) is 5.60 Å². The van der Waals surface area contributed by atoms with Gasteiger partial charge in [-0.05, 0) is 39.7 Å². The summed E-state index contributed by atoms with van der Waals surface area (Å²) in [6.45, 7) is 8.32. The third-order valence-corrected chi connectivity index (χ3v) is 0.831. The molecule has 2 N–H and O–H groups in total. The van der Waals surface area contributed by atoms with E-state index in [9.17, 15) is 9.59 Å². The van der Waals surface area contributed by atoms with Gasteiger partial charge in [0.15, 0.2) is 0 Å². The third kappa shape index (κ3) is 20.5. The molecule has 8 heteroatoms. The van der Waals surface area contributed by atoms with Gasteiger partial charge in [0.25, 0.3) is 0 Å². The molecule has 0 rings (SSSR count).